The van der Waals surface area contributed by atoms with Crippen molar-refractivity contribution in [1.82, 2.24) is 9.88 Å². The molecule has 0 aliphatic carbocycles. The topological polar surface area (TPSA) is 101 Å². The van der Waals surface area contributed by atoms with Gasteiger partial charge < -0.3 is 20.3 Å². The monoisotopic (exact) mass is 368 g/mol. The van der Waals surface area contributed by atoms with E-state index in [9.17, 15) is 14.4 Å². The zero-order valence-corrected chi connectivity index (χ0v) is 14.9. The van der Waals surface area contributed by atoms with Crippen molar-refractivity contribution < 1.29 is 19.1 Å². The second-order valence-electron chi connectivity index (χ2n) is 6.05. The SMILES string of the molecule is CC(=O)Nc1cccc(NC(=O)c2ccnc(C(=O)N3CCOCC3)c2)c1. The van der Waals surface area contributed by atoms with Crippen LogP contribution in [0.25, 0.3) is 0 Å². The molecule has 27 heavy (non-hydrogen) atoms. The van der Waals surface area contributed by atoms with Crippen molar-refractivity contribution in [1.29, 1.82) is 0 Å². The summed E-state index contributed by atoms with van der Waals surface area (Å²) in [6.07, 6.45) is 1.44. The molecule has 3 rings (SSSR count). The van der Waals surface area contributed by atoms with E-state index < -0.39 is 0 Å². The lowest BCUT2D eigenvalue weighted by Crippen LogP contribution is -2.41. The van der Waals surface area contributed by atoms with Gasteiger partial charge in [0.2, 0.25) is 5.91 Å². The Kier molecular flexibility index (Phi) is 5.77. The van der Waals surface area contributed by atoms with Gasteiger partial charge >= 0.3 is 0 Å². The first-order valence-corrected chi connectivity index (χ1v) is 8.55. The van der Waals surface area contributed by atoms with E-state index in [-0.39, 0.29) is 23.4 Å². The highest BCUT2D eigenvalue weighted by Crippen LogP contribution is 2.16. The van der Waals surface area contributed by atoms with E-state index in [1.54, 1.807) is 35.2 Å². The summed E-state index contributed by atoms with van der Waals surface area (Å²) in [6, 6.07) is 9.84. The van der Waals surface area contributed by atoms with Crippen molar-refractivity contribution in [2.24, 2.45) is 0 Å². The predicted octanol–water partition coefficient (Wildman–Crippen LogP) is 1.76. The third-order valence-electron chi connectivity index (χ3n) is 3.98. The van der Waals surface area contributed by atoms with E-state index in [0.717, 1.165) is 0 Å². The van der Waals surface area contributed by atoms with Crippen LogP contribution in [-0.4, -0.2) is 53.9 Å². The van der Waals surface area contributed by atoms with Crippen molar-refractivity contribution >= 4 is 29.1 Å². The molecule has 1 aromatic heterocycles. The number of amides is 3. The molecule has 0 spiro atoms. The third kappa shape index (κ3) is 4.89. The number of hydrogen-bond donors (Lipinski definition) is 2. The highest BCUT2D eigenvalue weighted by molar-refractivity contribution is 6.06. The second kappa shape index (κ2) is 8.41. The lowest BCUT2D eigenvalue weighted by molar-refractivity contribution is -0.114. The minimum atomic E-state index is -0.367. The Morgan fingerprint density at radius 3 is 2.44 bits per heavy atom. The maximum Gasteiger partial charge on any atom is 0.272 e. The first-order chi connectivity index (χ1) is 13.0. The first kappa shape index (κ1) is 18.5. The van der Waals surface area contributed by atoms with Gasteiger partial charge in [0.15, 0.2) is 0 Å². The van der Waals surface area contributed by atoms with Crippen molar-refractivity contribution in [3.8, 4) is 0 Å². The number of carbonyl (C=O) groups is 3. The average molecular weight is 368 g/mol. The van der Waals surface area contributed by atoms with Crippen LogP contribution in [0.2, 0.25) is 0 Å². The standard InChI is InChI=1S/C19H20N4O4/c1-13(24)21-15-3-2-4-16(12-15)22-18(25)14-5-6-20-17(11-14)19(26)23-7-9-27-10-8-23/h2-6,11-12H,7-10H2,1H3,(H,21,24)(H,22,25). The number of nitrogens with one attached hydrogen (secondary N) is 2. The fourth-order valence-corrected chi connectivity index (χ4v) is 2.70. The van der Waals surface area contributed by atoms with Crippen molar-refractivity contribution in [2.45, 2.75) is 6.92 Å². The van der Waals surface area contributed by atoms with Crippen molar-refractivity contribution in [2.75, 3.05) is 36.9 Å². The van der Waals surface area contributed by atoms with Crippen LogP contribution < -0.4 is 10.6 Å². The summed E-state index contributed by atoms with van der Waals surface area (Å²) >= 11 is 0. The fraction of sp³-hybridized carbons (Fsp3) is 0.263. The van der Waals surface area contributed by atoms with Crippen LogP contribution >= 0.6 is 0 Å². The second-order valence-corrected chi connectivity index (χ2v) is 6.05. The largest absolute Gasteiger partial charge is 0.378 e. The Hall–Kier alpha value is -3.26. The van der Waals surface area contributed by atoms with Gasteiger partial charge in [-0.25, -0.2) is 0 Å². The summed E-state index contributed by atoms with van der Waals surface area (Å²) in [7, 11) is 0. The number of aromatic nitrogens is 1. The molecule has 0 atom stereocenters. The molecule has 3 amide bonds. The van der Waals surface area contributed by atoms with Gasteiger partial charge in [0, 0.05) is 43.1 Å². The summed E-state index contributed by atoms with van der Waals surface area (Å²) in [5, 5.41) is 5.41. The summed E-state index contributed by atoms with van der Waals surface area (Å²) in [5.41, 5.74) is 1.66. The Morgan fingerprint density at radius 2 is 1.74 bits per heavy atom. The minimum Gasteiger partial charge on any atom is -0.378 e. The lowest BCUT2D eigenvalue weighted by atomic mass is 10.2. The molecule has 0 saturated carbocycles. The Balaban J connectivity index is 1.72. The minimum absolute atomic E-state index is 0.195. The molecule has 140 valence electrons. The number of anilines is 2. The highest BCUT2D eigenvalue weighted by Gasteiger charge is 2.20. The van der Waals surface area contributed by atoms with E-state index in [0.29, 0.717) is 43.2 Å². The molecule has 2 N–H and O–H groups in total. The van der Waals surface area contributed by atoms with Crippen LogP contribution in [0.5, 0.6) is 0 Å². The fourth-order valence-electron chi connectivity index (χ4n) is 2.70. The van der Waals surface area contributed by atoms with Crippen molar-refractivity contribution in [3.63, 3.8) is 0 Å². The molecule has 1 aromatic carbocycles. The average Bonchev–Trinajstić information content (AvgIpc) is 2.68. The Labute approximate surface area is 156 Å². The lowest BCUT2D eigenvalue weighted by Gasteiger charge is -2.26. The molecule has 8 heteroatoms. The third-order valence-corrected chi connectivity index (χ3v) is 3.98. The molecular formula is C19H20N4O4. The number of rotatable bonds is 4. The van der Waals surface area contributed by atoms with Crippen LogP contribution in [0, 0.1) is 0 Å². The van der Waals surface area contributed by atoms with Gasteiger partial charge in [-0.15, -0.1) is 0 Å². The molecule has 1 aliphatic rings. The van der Waals surface area contributed by atoms with E-state index in [4.69, 9.17) is 4.74 Å². The molecule has 0 bridgehead atoms. The summed E-state index contributed by atoms with van der Waals surface area (Å²) in [5.74, 6) is -0.784. The van der Waals surface area contributed by atoms with Crippen LogP contribution in [0.3, 0.4) is 0 Å². The molecule has 1 saturated heterocycles. The van der Waals surface area contributed by atoms with Gasteiger partial charge in [0.25, 0.3) is 11.8 Å². The maximum absolute atomic E-state index is 12.5. The molecule has 8 nitrogen and oxygen atoms in total. The number of nitrogens with zero attached hydrogens (tertiary/aromatic N) is 2. The van der Waals surface area contributed by atoms with Crippen LogP contribution in [0.4, 0.5) is 11.4 Å². The van der Waals surface area contributed by atoms with Crippen LogP contribution in [0.1, 0.15) is 27.8 Å². The van der Waals surface area contributed by atoms with E-state index in [1.165, 1.54) is 19.2 Å². The molecule has 0 unspecified atom stereocenters. The molecule has 0 radical (unpaired) electrons. The van der Waals surface area contributed by atoms with E-state index in [1.807, 2.05) is 0 Å². The number of pyridine rings is 1. The molecule has 1 fully saturated rings. The quantitative estimate of drug-likeness (QED) is 0.857. The smallest absolute Gasteiger partial charge is 0.272 e. The zero-order chi connectivity index (χ0) is 19.2. The number of benzene rings is 1. The van der Waals surface area contributed by atoms with Gasteiger partial charge in [-0.3, -0.25) is 19.4 Å². The van der Waals surface area contributed by atoms with Crippen LogP contribution in [-0.2, 0) is 9.53 Å². The Bertz CT molecular complexity index is 862. The number of hydrogen-bond acceptors (Lipinski definition) is 5. The van der Waals surface area contributed by atoms with Gasteiger partial charge in [0.05, 0.1) is 13.2 Å². The highest BCUT2D eigenvalue weighted by atomic mass is 16.5. The molecule has 2 heterocycles. The normalized spacial score (nSPS) is 13.7. The van der Waals surface area contributed by atoms with Crippen LogP contribution in [0.15, 0.2) is 42.6 Å². The zero-order valence-electron chi connectivity index (χ0n) is 14.9. The van der Waals surface area contributed by atoms with Gasteiger partial charge in [-0.1, -0.05) is 6.07 Å². The summed E-state index contributed by atoms with van der Waals surface area (Å²) in [6.45, 7) is 3.42. The number of ether oxygens (including phenoxy) is 1. The number of morpholine rings is 1. The van der Waals surface area contributed by atoms with Gasteiger partial charge in [0.1, 0.15) is 5.69 Å². The maximum atomic E-state index is 12.5. The molecular weight excluding hydrogens is 348 g/mol. The molecule has 2 aromatic rings. The summed E-state index contributed by atoms with van der Waals surface area (Å²) in [4.78, 5) is 41.9. The first-order valence-electron chi connectivity index (χ1n) is 8.55. The van der Waals surface area contributed by atoms with Crippen molar-refractivity contribution in [3.05, 3.63) is 53.9 Å². The molecule has 1 aliphatic heterocycles. The van der Waals surface area contributed by atoms with E-state index in [2.05, 4.69) is 15.6 Å². The van der Waals surface area contributed by atoms with Gasteiger partial charge in [-0.2, -0.15) is 0 Å². The number of carbonyl (C=O) groups excluding carboxylic acids is 3. The summed E-state index contributed by atoms with van der Waals surface area (Å²) < 4.78 is 5.24. The Morgan fingerprint density at radius 1 is 1.04 bits per heavy atom. The van der Waals surface area contributed by atoms with E-state index >= 15 is 0 Å². The van der Waals surface area contributed by atoms with Gasteiger partial charge in [-0.05, 0) is 30.3 Å². The predicted molar refractivity (Wildman–Crippen MR) is 99.7 cm³/mol.